The molecule has 1 fully saturated rings. The highest BCUT2D eigenvalue weighted by Gasteiger charge is 2.59. The number of pyridine rings is 1. The number of nitrogens with zero attached hydrogens (tertiary/aromatic N) is 1. The zero-order valence-electron chi connectivity index (χ0n) is 18.6. The number of nitrogens with one attached hydrogen (secondary N) is 1. The summed E-state index contributed by atoms with van der Waals surface area (Å²) in [6, 6.07) is 9.36. The van der Waals surface area contributed by atoms with E-state index >= 15 is 0 Å². The van der Waals surface area contributed by atoms with Crippen molar-refractivity contribution >= 4 is 17.5 Å². The van der Waals surface area contributed by atoms with Gasteiger partial charge in [0.2, 0.25) is 5.91 Å². The molecule has 1 saturated carbocycles. The van der Waals surface area contributed by atoms with E-state index in [0.717, 1.165) is 17.2 Å². The number of Topliss-reactive ketones (excluding diaryl/α,β-unsaturated/α-hetero) is 1. The zero-order chi connectivity index (χ0) is 25.2. The summed E-state index contributed by atoms with van der Waals surface area (Å²) in [6.45, 7) is 0. The first-order chi connectivity index (χ1) is 17.2. The molecule has 6 rings (SSSR count). The van der Waals surface area contributed by atoms with E-state index in [1.165, 1.54) is 0 Å². The summed E-state index contributed by atoms with van der Waals surface area (Å²) in [4.78, 5) is 28.5. The summed E-state index contributed by atoms with van der Waals surface area (Å²) in [6.07, 6.45) is -2.60. The first-order valence-corrected chi connectivity index (χ1v) is 11.3. The molecule has 36 heavy (non-hydrogen) atoms. The number of carbonyl (C=O) groups excluding carboxylic acids is 2. The van der Waals surface area contributed by atoms with Gasteiger partial charge in [-0.1, -0.05) is 6.07 Å². The Labute approximate surface area is 202 Å². The number of benzene rings is 2. The third-order valence-electron chi connectivity index (χ3n) is 6.82. The highest BCUT2D eigenvalue weighted by Crippen LogP contribution is 2.60. The molecule has 0 saturated heterocycles. The Kier molecular flexibility index (Phi) is 5.03. The van der Waals surface area contributed by atoms with Crippen molar-refractivity contribution < 1.29 is 36.6 Å². The minimum atomic E-state index is -4.82. The molecule has 2 aliphatic heterocycles. The minimum absolute atomic E-state index is 0.0300. The maximum Gasteiger partial charge on any atom is 0.419 e. The number of hydrogen-bond donors (Lipinski definition) is 1. The molecule has 0 unspecified atom stereocenters. The summed E-state index contributed by atoms with van der Waals surface area (Å²) < 4.78 is 64.3. The topological polar surface area (TPSA) is 77.5 Å². The van der Waals surface area contributed by atoms with Crippen LogP contribution in [0.5, 0.6) is 17.2 Å². The molecule has 3 aromatic rings. The predicted octanol–water partition coefficient (Wildman–Crippen LogP) is 5.66. The van der Waals surface area contributed by atoms with Gasteiger partial charge >= 0.3 is 6.18 Å². The normalized spacial score (nSPS) is 21.6. The molecule has 1 aliphatic carbocycles. The SMILES string of the molecule is O=C1CCc2c(Oc3ccc4c(c3)[C@H]3[C@H](CC(=O)c5ccc(C(F)(F)F)c(F)c5)[C@H]3O4)ccnc2N1. The van der Waals surface area contributed by atoms with Crippen LogP contribution in [0.3, 0.4) is 0 Å². The number of fused-ring (bicyclic) bond motifs is 4. The highest BCUT2D eigenvalue weighted by molar-refractivity contribution is 5.96. The van der Waals surface area contributed by atoms with Gasteiger partial charge in [0, 0.05) is 47.6 Å². The molecule has 10 heteroatoms. The molecule has 184 valence electrons. The molecule has 1 amide bonds. The molecule has 0 radical (unpaired) electrons. The molecule has 2 aromatic carbocycles. The van der Waals surface area contributed by atoms with E-state index in [-0.39, 0.29) is 35.8 Å². The van der Waals surface area contributed by atoms with Crippen LogP contribution in [-0.2, 0) is 17.4 Å². The Hall–Kier alpha value is -3.95. The van der Waals surface area contributed by atoms with Gasteiger partial charge in [-0.25, -0.2) is 9.37 Å². The van der Waals surface area contributed by atoms with Crippen LogP contribution in [0.1, 0.15) is 45.8 Å². The van der Waals surface area contributed by atoms with Crippen molar-refractivity contribution in [3.8, 4) is 17.2 Å². The van der Waals surface area contributed by atoms with Gasteiger partial charge in [0.05, 0.1) is 5.56 Å². The number of alkyl halides is 3. The van der Waals surface area contributed by atoms with Crippen LogP contribution in [0.2, 0.25) is 0 Å². The molecular weight excluding hydrogens is 480 g/mol. The first-order valence-electron chi connectivity index (χ1n) is 11.3. The van der Waals surface area contributed by atoms with Crippen molar-refractivity contribution in [2.24, 2.45) is 5.92 Å². The number of amides is 1. The fourth-order valence-electron chi connectivity index (χ4n) is 4.99. The Balaban J connectivity index is 1.17. The standard InChI is InChI=1S/C26H18F4N2O4/c27-18-9-12(1-4-17(18)26(28,29)30)19(33)11-16-23-15-10-13(2-5-20(15)36-24(16)23)35-21-7-8-31-25-14(21)3-6-22(34)32-25/h1-2,4-5,7-10,16,23-24H,3,6,11H2,(H,31,32,34)/t16-,23-,24+/m0/s1. The lowest BCUT2D eigenvalue weighted by Crippen LogP contribution is -2.20. The van der Waals surface area contributed by atoms with Crippen LogP contribution >= 0.6 is 0 Å². The van der Waals surface area contributed by atoms with Gasteiger partial charge in [-0.2, -0.15) is 13.2 Å². The highest BCUT2D eigenvalue weighted by atomic mass is 19.4. The van der Waals surface area contributed by atoms with Crippen molar-refractivity contribution in [2.75, 3.05) is 5.32 Å². The van der Waals surface area contributed by atoms with E-state index in [1.54, 1.807) is 24.4 Å². The number of hydrogen-bond acceptors (Lipinski definition) is 5. The number of ketones is 1. The van der Waals surface area contributed by atoms with Crippen molar-refractivity contribution in [3.63, 3.8) is 0 Å². The average Bonchev–Trinajstić information content (AvgIpc) is 3.34. The number of carbonyl (C=O) groups is 2. The van der Waals surface area contributed by atoms with Crippen molar-refractivity contribution in [1.82, 2.24) is 4.98 Å². The van der Waals surface area contributed by atoms with Gasteiger partial charge in [0.25, 0.3) is 0 Å². The fraction of sp³-hybridized carbons (Fsp3) is 0.269. The number of aromatic nitrogens is 1. The molecule has 3 atom stereocenters. The Morgan fingerprint density at radius 3 is 2.75 bits per heavy atom. The van der Waals surface area contributed by atoms with E-state index in [0.29, 0.717) is 48.0 Å². The fourth-order valence-corrected chi connectivity index (χ4v) is 4.99. The second-order valence-electron chi connectivity index (χ2n) is 9.08. The van der Waals surface area contributed by atoms with E-state index in [4.69, 9.17) is 9.47 Å². The van der Waals surface area contributed by atoms with Gasteiger partial charge in [-0.05, 0) is 42.8 Å². The summed E-state index contributed by atoms with van der Waals surface area (Å²) in [5.41, 5.74) is 0.192. The van der Waals surface area contributed by atoms with E-state index < -0.39 is 23.3 Å². The van der Waals surface area contributed by atoms with E-state index in [2.05, 4.69) is 10.3 Å². The number of halogens is 4. The first kappa shape index (κ1) is 22.5. The second-order valence-corrected chi connectivity index (χ2v) is 9.08. The van der Waals surface area contributed by atoms with Gasteiger partial charge in [-0.3, -0.25) is 9.59 Å². The molecule has 1 aromatic heterocycles. The van der Waals surface area contributed by atoms with Crippen LogP contribution in [0.4, 0.5) is 23.4 Å². The smallest absolute Gasteiger partial charge is 0.419 e. The number of ether oxygens (including phenoxy) is 2. The maximum atomic E-state index is 13.9. The quantitative estimate of drug-likeness (QED) is 0.363. The van der Waals surface area contributed by atoms with E-state index in [9.17, 15) is 27.2 Å². The number of rotatable bonds is 5. The molecule has 0 spiro atoms. The van der Waals surface area contributed by atoms with E-state index in [1.807, 2.05) is 6.07 Å². The lowest BCUT2D eigenvalue weighted by atomic mass is 10.0. The Morgan fingerprint density at radius 2 is 1.97 bits per heavy atom. The van der Waals surface area contributed by atoms with Crippen LogP contribution in [0, 0.1) is 11.7 Å². The zero-order valence-corrected chi connectivity index (χ0v) is 18.6. The lowest BCUT2D eigenvalue weighted by Gasteiger charge is -2.19. The van der Waals surface area contributed by atoms with Crippen molar-refractivity contribution in [3.05, 3.63) is 76.7 Å². The molecule has 3 heterocycles. The van der Waals surface area contributed by atoms with Crippen LogP contribution in [0.25, 0.3) is 0 Å². The Bertz CT molecular complexity index is 1420. The summed E-state index contributed by atoms with van der Waals surface area (Å²) in [5, 5.41) is 2.73. The number of anilines is 1. The van der Waals surface area contributed by atoms with Gasteiger partial charge in [-0.15, -0.1) is 0 Å². The Morgan fingerprint density at radius 1 is 1.14 bits per heavy atom. The molecule has 6 nitrogen and oxygen atoms in total. The van der Waals surface area contributed by atoms with Crippen molar-refractivity contribution in [2.45, 2.75) is 37.5 Å². The molecule has 1 N–H and O–H groups in total. The predicted molar refractivity (Wildman–Crippen MR) is 119 cm³/mol. The van der Waals surface area contributed by atoms with Gasteiger partial charge < -0.3 is 14.8 Å². The molecule has 3 aliphatic rings. The maximum absolute atomic E-state index is 13.9. The average molecular weight is 498 g/mol. The lowest BCUT2D eigenvalue weighted by molar-refractivity contribution is -0.140. The second kappa shape index (κ2) is 8.04. The molecular formula is C26H18F4N2O4. The third-order valence-corrected chi connectivity index (χ3v) is 6.82. The summed E-state index contributed by atoms with van der Waals surface area (Å²) >= 11 is 0. The van der Waals surface area contributed by atoms with Crippen LogP contribution in [0.15, 0.2) is 48.7 Å². The third kappa shape index (κ3) is 3.86. The van der Waals surface area contributed by atoms with Crippen LogP contribution in [-0.4, -0.2) is 22.8 Å². The monoisotopic (exact) mass is 498 g/mol. The minimum Gasteiger partial charge on any atom is -0.489 e. The van der Waals surface area contributed by atoms with Crippen LogP contribution < -0.4 is 14.8 Å². The van der Waals surface area contributed by atoms with Crippen molar-refractivity contribution in [1.29, 1.82) is 0 Å². The van der Waals surface area contributed by atoms with Gasteiger partial charge in [0.15, 0.2) is 5.78 Å². The summed E-state index contributed by atoms with van der Waals surface area (Å²) in [7, 11) is 0. The summed E-state index contributed by atoms with van der Waals surface area (Å²) in [5.74, 6) is 0.0931. The van der Waals surface area contributed by atoms with Gasteiger partial charge in [0.1, 0.15) is 35.0 Å². The largest absolute Gasteiger partial charge is 0.489 e. The molecule has 0 bridgehead atoms.